The number of alkyl halides is 3. The summed E-state index contributed by atoms with van der Waals surface area (Å²) >= 11 is 0. The van der Waals surface area contributed by atoms with E-state index in [-0.39, 0.29) is 48.4 Å². The summed E-state index contributed by atoms with van der Waals surface area (Å²) in [4.78, 5) is 0. The van der Waals surface area contributed by atoms with Gasteiger partial charge in [-0.05, 0) is 0 Å². The zero-order valence-electron chi connectivity index (χ0n) is 9.71. The van der Waals surface area contributed by atoms with Gasteiger partial charge in [-0.15, -0.1) is 12.1 Å². The molecule has 0 aliphatic heterocycles. The van der Waals surface area contributed by atoms with E-state index in [4.69, 9.17) is 0 Å². The van der Waals surface area contributed by atoms with Crippen LogP contribution in [0.25, 0.3) is 0 Å². The molecule has 0 aliphatic rings. The van der Waals surface area contributed by atoms with E-state index in [0.717, 1.165) is 12.1 Å². The van der Waals surface area contributed by atoms with Crippen LogP contribution in [-0.2, 0) is 42.8 Å². The predicted molar refractivity (Wildman–Crippen MR) is 61.5 cm³/mol. The predicted octanol–water partition coefficient (Wildman–Crippen LogP) is 2.39. The monoisotopic (exact) mass is 376 g/mol. The molecule has 0 amide bonds. The SMILES string of the molecule is Cc1[c-]c(C)cc(OS(=O)(=O)C(F)(F)F)c1.P.[Y]. The summed E-state index contributed by atoms with van der Waals surface area (Å²) in [5.41, 5.74) is -4.44. The zero-order valence-corrected chi connectivity index (χ0v) is 14.8. The molecule has 0 spiro atoms. The summed E-state index contributed by atoms with van der Waals surface area (Å²) in [7, 11) is -5.60. The molecule has 0 heterocycles. The molecule has 101 valence electrons. The van der Waals surface area contributed by atoms with Crippen LogP contribution in [0, 0.1) is 19.9 Å². The summed E-state index contributed by atoms with van der Waals surface area (Å²) in [6, 6.07) is 5.10. The quantitative estimate of drug-likeness (QED) is 0.345. The summed E-state index contributed by atoms with van der Waals surface area (Å²) in [5, 5.41) is 0. The van der Waals surface area contributed by atoms with E-state index in [1.54, 1.807) is 13.8 Å². The Bertz CT molecular complexity index is 482. The Balaban J connectivity index is 0. The second-order valence-electron chi connectivity index (χ2n) is 3.17. The number of benzene rings is 1. The topological polar surface area (TPSA) is 43.4 Å². The largest absolute Gasteiger partial charge is 0.534 e. The van der Waals surface area contributed by atoms with Crippen molar-refractivity contribution in [3.63, 3.8) is 0 Å². The van der Waals surface area contributed by atoms with Gasteiger partial charge in [0.1, 0.15) is 0 Å². The molecule has 0 saturated heterocycles. The van der Waals surface area contributed by atoms with Crippen molar-refractivity contribution in [3.05, 3.63) is 29.3 Å². The van der Waals surface area contributed by atoms with Gasteiger partial charge in [0.15, 0.2) is 0 Å². The van der Waals surface area contributed by atoms with Gasteiger partial charge in [0.05, 0.1) is 0 Å². The normalized spacial score (nSPS) is 11.2. The number of aryl methyl sites for hydroxylation is 2. The molecule has 1 radical (unpaired) electrons. The molecule has 0 N–H and O–H groups in total. The van der Waals surface area contributed by atoms with E-state index in [1.807, 2.05) is 0 Å². The second kappa shape index (κ2) is 7.18. The first-order chi connectivity index (χ1) is 7.12. The maximum Gasteiger partial charge on any atom is 0.534 e. The molecule has 0 fully saturated rings. The first kappa shape index (κ1) is 20.6. The molecule has 3 nitrogen and oxygen atoms in total. The van der Waals surface area contributed by atoms with E-state index < -0.39 is 15.6 Å². The maximum atomic E-state index is 12.0. The van der Waals surface area contributed by atoms with E-state index in [1.165, 1.54) is 0 Å². The van der Waals surface area contributed by atoms with E-state index in [9.17, 15) is 21.6 Å². The second-order valence-corrected chi connectivity index (χ2v) is 4.70. The van der Waals surface area contributed by atoms with Gasteiger partial charge in [0, 0.05) is 38.5 Å². The molecule has 1 atom stereocenters. The molecule has 1 unspecified atom stereocenters. The Kier molecular flexibility index (Phi) is 8.22. The summed E-state index contributed by atoms with van der Waals surface area (Å²) in [6.07, 6.45) is 0. The van der Waals surface area contributed by atoms with Gasteiger partial charge in [-0.2, -0.15) is 48.7 Å². The summed E-state index contributed by atoms with van der Waals surface area (Å²) < 4.78 is 61.3. The smallest absolute Gasteiger partial charge is 0.403 e. The van der Waals surface area contributed by atoms with Crippen LogP contribution in [0.5, 0.6) is 5.75 Å². The number of rotatable bonds is 2. The van der Waals surface area contributed by atoms with Crippen LogP contribution in [0.15, 0.2) is 12.1 Å². The van der Waals surface area contributed by atoms with Crippen molar-refractivity contribution < 1.29 is 58.5 Å². The van der Waals surface area contributed by atoms with Gasteiger partial charge in [-0.1, -0.05) is 13.8 Å². The zero-order chi connectivity index (χ0) is 12.6. The molecule has 1 rings (SSSR count). The molecule has 1 aromatic carbocycles. The average molecular weight is 376 g/mol. The first-order valence-electron chi connectivity index (χ1n) is 4.13. The molecular weight excluding hydrogens is 365 g/mol. The Morgan fingerprint density at radius 2 is 1.56 bits per heavy atom. The fourth-order valence-electron chi connectivity index (χ4n) is 1.07. The third-order valence-corrected chi connectivity index (χ3v) is 2.58. The third-order valence-electron chi connectivity index (χ3n) is 1.60. The molecule has 18 heavy (non-hydrogen) atoms. The van der Waals surface area contributed by atoms with Crippen molar-refractivity contribution in [2.24, 2.45) is 0 Å². The van der Waals surface area contributed by atoms with Crippen LogP contribution in [0.3, 0.4) is 0 Å². The van der Waals surface area contributed by atoms with Crippen molar-refractivity contribution in [2.75, 3.05) is 0 Å². The van der Waals surface area contributed by atoms with Crippen LogP contribution in [-0.4, -0.2) is 13.9 Å². The van der Waals surface area contributed by atoms with Crippen LogP contribution in [0.1, 0.15) is 11.1 Å². The average Bonchev–Trinajstić information content (AvgIpc) is 1.97. The summed E-state index contributed by atoms with van der Waals surface area (Å²) in [6.45, 7) is 3.14. The standard InChI is InChI=1S/C9H8F3O3S.H3P.Y/c1-6-3-7(2)5-8(4-6)15-16(13,14)9(10,11)12;;/h4-5H,1-2H3;1H3;/q-1;;. The minimum atomic E-state index is -5.60. The van der Waals surface area contributed by atoms with Crippen LogP contribution >= 0.6 is 9.90 Å². The van der Waals surface area contributed by atoms with Crippen molar-refractivity contribution in [2.45, 2.75) is 19.4 Å². The fraction of sp³-hybridized carbons (Fsp3) is 0.333. The Morgan fingerprint density at radius 1 is 1.17 bits per heavy atom. The van der Waals surface area contributed by atoms with Crippen molar-refractivity contribution in [3.8, 4) is 5.75 Å². The summed E-state index contributed by atoms with van der Waals surface area (Å²) in [5.74, 6) is -0.369. The molecule has 9 heteroatoms. The van der Waals surface area contributed by atoms with Gasteiger partial charge in [0.2, 0.25) is 0 Å². The van der Waals surface area contributed by atoms with Gasteiger partial charge in [-0.3, -0.25) is 0 Å². The van der Waals surface area contributed by atoms with Gasteiger partial charge in [-0.25, -0.2) is 0 Å². The van der Waals surface area contributed by atoms with E-state index in [2.05, 4.69) is 10.2 Å². The number of hydrogen-bond donors (Lipinski definition) is 0. The molecule has 0 bridgehead atoms. The van der Waals surface area contributed by atoms with Crippen molar-refractivity contribution in [1.29, 1.82) is 0 Å². The fourth-order valence-corrected chi connectivity index (χ4v) is 1.52. The van der Waals surface area contributed by atoms with Crippen LogP contribution in [0.2, 0.25) is 0 Å². The van der Waals surface area contributed by atoms with Crippen molar-refractivity contribution >= 4 is 20.0 Å². The molecule has 0 aromatic heterocycles. The Labute approximate surface area is 132 Å². The Hall–Kier alpha value is 0.294. The number of hydrogen-bond acceptors (Lipinski definition) is 3. The van der Waals surface area contributed by atoms with Gasteiger partial charge >= 0.3 is 15.6 Å². The first-order valence-corrected chi connectivity index (χ1v) is 5.54. The minimum absolute atomic E-state index is 0. The Morgan fingerprint density at radius 3 is 1.89 bits per heavy atom. The third kappa shape index (κ3) is 5.51. The molecule has 0 saturated carbocycles. The van der Waals surface area contributed by atoms with Crippen LogP contribution < -0.4 is 4.18 Å². The van der Waals surface area contributed by atoms with Crippen LogP contribution in [0.4, 0.5) is 13.2 Å². The molecule has 1 aromatic rings. The van der Waals surface area contributed by atoms with E-state index in [0.29, 0.717) is 11.1 Å². The number of halogens is 3. The van der Waals surface area contributed by atoms with E-state index >= 15 is 0 Å². The molecule has 0 aliphatic carbocycles. The minimum Gasteiger partial charge on any atom is -0.403 e. The van der Waals surface area contributed by atoms with Gasteiger partial charge in [0.25, 0.3) is 0 Å². The van der Waals surface area contributed by atoms with Gasteiger partial charge < -0.3 is 4.18 Å². The molecular formula is C9H11F3O3PSY-. The van der Waals surface area contributed by atoms with Crippen molar-refractivity contribution in [1.82, 2.24) is 0 Å². The maximum absolute atomic E-state index is 12.0.